The maximum atomic E-state index is 11.9. The third kappa shape index (κ3) is 5.59. The van der Waals surface area contributed by atoms with Crippen LogP contribution < -0.4 is 15.4 Å². The first kappa shape index (κ1) is 15.3. The van der Waals surface area contributed by atoms with Crippen LogP contribution in [0.5, 0.6) is 5.88 Å². The maximum absolute atomic E-state index is 11.9. The van der Waals surface area contributed by atoms with E-state index in [4.69, 9.17) is 4.74 Å². The van der Waals surface area contributed by atoms with Gasteiger partial charge in [-0.1, -0.05) is 0 Å². The maximum Gasteiger partial charge on any atom is 0.242 e. The summed E-state index contributed by atoms with van der Waals surface area (Å²) in [5.41, 5.74) is 0.560. The van der Waals surface area contributed by atoms with Crippen molar-refractivity contribution in [3.63, 3.8) is 0 Å². The van der Waals surface area contributed by atoms with E-state index in [2.05, 4.69) is 15.6 Å². The van der Waals surface area contributed by atoms with Gasteiger partial charge >= 0.3 is 0 Å². The van der Waals surface area contributed by atoms with Crippen LogP contribution in [0.2, 0.25) is 0 Å². The second kappa shape index (κ2) is 6.41. The Morgan fingerprint density at radius 2 is 2.11 bits per heavy atom. The van der Waals surface area contributed by atoms with Gasteiger partial charge in [0, 0.05) is 11.6 Å². The SMILES string of the molecule is CCOc1ccc(NC(C)C(=O)NC(C)(C)C)cn1. The summed E-state index contributed by atoms with van der Waals surface area (Å²) in [6.45, 7) is 10.2. The van der Waals surface area contributed by atoms with Gasteiger partial charge in [0.1, 0.15) is 6.04 Å². The number of pyridine rings is 1. The van der Waals surface area contributed by atoms with Gasteiger partial charge in [-0.05, 0) is 40.7 Å². The molecular weight excluding hydrogens is 242 g/mol. The van der Waals surface area contributed by atoms with Crippen LogP contribution in [0.4, 0.5) is 5.69 Å². The van der Waals surface area contributed by atoms with Gasteiger partial charge in [-0.2, -0.15) is 0 Å². The first-order valence-electron chi connectivity index (χ1n) is 6.49. The van der Waals surface area contributed by atoms with E-state index in [0.717, 1.165) is 5.69 Å². The number of carbonyl (C=O) groups is 1. The molecule has 0 radical (unpaired) electrons. The molecule has 0 fully saturated rings. The molecule has 1 unspecified atom stereocenters. The quantitative estimate of drug-likeness (QED) is 0.856. The van der Waals surface area contributed by atoms with Crippen molar-refractivity contribution in [2.24, 2.45) is 0 Å². The standard InChI is InChI=1S/C14H23N3O2/c1-6-19-12-8-7-11(9-15-12)16-10(2)13(18)17-14(3,4)5/h7-10,16H,6H2,1-5H3,(H,17,18). The van der Waals surface area contributed by atoms with Crippen LogP contribution >= 0.6 is 0 Å². The van der Waals surface area contributed by atoms with Crippen LogP contribution in [0.25, 0.3) is 0 Å². The summed E-state index contributed by atoms with van der Waals surface area (Å²) in [5, 5.41) is 6.03. The number of anilines is 1. The van der Waals surface area contributed by atoms with E-state index in [0.29, 0.717) is 12.5 Å². The molecule has 1 rings (SSSR count). The topological polar surface area (TPSA) is 63.2 Å². The predicted octanol–water partition coefficient (Wildman–Crippen LogP) is 2.20. The highest BCUT2D eigenvalue weighted by Crippen LogP contribution is 2.12. The van der Waals surface area contributed by atoms with Gasteiger partial charge in [-0.3, -0.25) is 4.79 Å². The Morgan fingerprint density at radius 3 is 2.58 bits per heavy atom. The molecular formula is C14H23N3O2. The number of rotatable bonds is 5. The van der Waals surface area contributed by atoms with Gasteiger partial charge in [0.15, 0.2) is 0 Å². The summed E-state index contributed by atoms with van der Waals surface area (Å²) in [6, 6.07) is 3.30. The molecule has 19 heavy (non-hydrogen) atoms. The normalized spacial score (nSPS) is 12.7. The second-order valence-corrected chi connectivity index (χ2v) is 5.42. The smallest absolute Gasteiger partial charge is 0.242 e. The molecule has 1 atom stereocenters. The molecule has 1 aromatic rings. The fourth-order valence-corrected chi connectivity index (χ4v) is 1.49. The van der Waals surface area contributed by atoms with E-state index < -0.39 is 0 Å². The zero-order chi connectivity index (χ0) is 14.5. The Kier molecular flexibility index (Phi) is 5.15. The van der Waals surface area contributed by atoms with Gasteiger partial charge in [0.25, 0.3) is 0 Å². The molecule has 0 aromatic carbocycles. The van der Waals surface area contributed by atoms with E-state index in [1.54, 1.807) is 12.3 Å². The summed E-state index contributed by atoms with van der Waals surface area (Å²) in [5.74, 6) is 0.543. The van der Waals surface area contributed by atoms with Gasteiger partial charge in [0.2, 0.25) is 11.8 Å². The van der Waals surface area contributed by atoms with Crippen molar-refractivity contribution in [1.29, 1.82) is 0 Å². The Morgan fingerprint density at radius 1 is 1.42 bits per heavy atom. The monoisotopic (exact) mass is 265 g/mol. The number of amides is 1. The molecule has 5 heteroatoms. The molecule has 2 N–H and O–H groups in total. The van der Waals surface area contributed by atoms with E-state index in [1.807, 2.05) is 40.7 Å². The number of carbonyl (C=O) groups excluding carboxylic acids is 1. The molecule has 0 aliphatic carbocycles. The van der Waals surface area contributed by atoms with E-state index in [-0.39, 0.29) is 17.5 Å². The Hall–Kier alpha value is -1.78. The molecule has 0 spiro atoms. The number of hydrogen-bond acceptors (Lipinski definition) is 4. The van der Waals surface area contributed by atoms with Crippen LogP contribution in [-0.2, 0) is 4.79 Å². The highest BCUT2D eigenvalue weighted by Gasteiger charge is 2.18. The molecule has 0 bridgehead atoms. The predicted molar refractivity (Wildman–Crippen MR) is 76.4 cm³/mol. The summed E-state index contributed by atoms with van der Waals surface area (Å²) >= 11 is 0. The minimum Gasteiger partial charge on any atom is -0.478 e. The van der Waals surface area contributed by atoms with Crippen LogP contribution in [0.3, 0.4) is 0 Å². The van der Waals surface area contributed by atoms with Crippen molar-refractivity contribution in [1.82, 2.24) is 10.3 Å². The van der Waals surface area contributed by atoms with E-state index in [1.165, 1.54) is 0 Å². The van der Waals surface area contributed by atoms with E-state index in [9.17, 15) is 4.79 Å². The zero-order valence-corrected chi connectivity index (χ0v) is 12.3. The van der Waals surface area contributed by atoms with Gasteiger partial charge in [-0.15, -0.1) is 0 Å². The van der Waals surface area contributed by atoms with Crippen molar-refractivity contribution in [2.75, 3.05) is 11.9 Å². The molecule has 0 saturated carbocycles. The average Bonchev–Trinajstić information content (AvgIpc) is 2.29. The summed E-state index contributed by atoms with van der Waals surface area (Å²) in [7, 11) is 0. The first-order valence-corrected chi connectivity index (χ1v) is 6.49. The van der Waals surface area contributed by atoms with Crippen molar-refractivity contribution in [2.45, 2.75) is 46.2 Å². The Labute approximate surface area is 114 Å². The van der Waals surface area contributed by atoms with Crippen LogP contribution in [0.15, 0.2) is 18.3 Å². The molecule has 1 amide bonds. The molecule has 0 saturated heterocycles. The highest BCUT2D eigenvalue weighted by molar-refractivity contribution is 5.84. The molecule has 106 valence electrons. The Bertz CT molecular complexity index is 410. The minimum atomic E-state index is -0.320. The number of hydrogen-bond donors (Lipinski definition) is 2. The van der Waals surface area contributed by atoms with Crippen LogP contribution in [0.1, 0.15) is 34.6 Å². The summed E-state index contributed by atoms with van der Waals surface area (Å²) in [4.78, 5) is 16.1. The second-order valence-electron chi connectivity index (χ2n) is 5.42. The average molecular weight is 265 g/mol. The molecule has 5 nitrogen and oxygen atoms in total. The summed E-state index contributed by atoms with van der Waals surface area (Å²) in [6.07, 6.45) is 1.66. The molecule has 1 aromatic heterocycles. The largest absolute Gasteiger partial charge is 0.478 e. The Balaban J connectivity index is 2.56. The first-order chi connectivity index (χ1) is 8.81. The van der Waals surface area contributed by atoms with Crippen molar-refractivity contribution >= 4 is 11.6 Å². The lowest BCUT2D eigenvalue weighted by atomic mass is 10.1. The lowest BCUT2D eigenvalue weighted by Gasteiger charge is -2.24. The van der Waals surface area contributed by atoms with Gasteiger partial charge in [-0.25, -0.2) is 4.98 Å². The van der Waals surface area contributed by atoms with Crippen molar-refractivity contribution in [3.8, 4) is 5.88 Å². The molecule has 0 aliphatic heterocycles. The number of ether oxygens (including phenoxy) is 1. The van der Waals surface area contributed by atoms with Gasteiger partial charge in [0.05, 0.1) is 18.5 Å². The zero-order valence-electron chi connectivity index (χ0n) is 12.3. The third-order valence-corrected chi connectivity index (χ3v) is 2.30. The number of aromatic nitrogens is 1. The number of nitrogens with zero attached hydrogens (tertiary/aromatic N) is 1. The molecule has 0 aliphatic rings. The van der Waals surface area contributed by atoms with Crippen molar-refractivity contribution in [3.05, 3.63) is 18.3 Å². The summed E-state index contributed by atoms with van der Waals surface area (Å²) < 4.78 is 5.26. The molecule has 1 heterocycles. The van der Waals surface area contributed by atoms with Crippen LogP contribution in [-0.4, -0.2) is 29.1 Å². The lowest BCUT2D eigenvalue weighted by molar-refractivity contribution is -0.122. The van der Waals surface area contributed by atoms with Gasteiger partial charge < -0.3 is 15.4 Å². The number of nitrogens with one attached hydrogen (secondary N) is 2. The van der Waals surface area contributed by atoms with Crippen molar-refractivity contribution < 1.29 is 9.53 Å². The van der Waals surface area contributed by atoms with Crippen LogP contribution in [0, 0.1) is 0 Å². The lowest BCUT2D eigenvalue weighted by Crippen LogP contribution is -2.47. The highest BCUT2D eigenvalue weighted by atomic mass is 16.5. The fraction of sp³-hybridized carbons (Fsp3) is 0.571. The third-order valence-electron chi connectivity index (χ3n) is 2.30. The minimum absolute atomic E-state index is 0.0404. The van der Waals surface area contributed by atoms with E-state index >= 15 is 0 Å². The fourth-order valence-electron chi connectivity index (χ4n) is 1.49.